The molecule has 0 aromatic carbocycles. The molecule has 0 bridgehead atoms. The number of fused-ring (bicyclic) bond motifs is 1. The van der Waals surface area contributed by atoms with Gasteiger partial charge in [0.25, 0.3) is 5.56 Å². The summed E-state index contributed by atoms with van der Waals surface area (Å²) >= 11 is 0. The molecule has 76 valence electrons. The van der Waals surface area contributed by atoms with Gasteiger partial charge < -0.3 is 15.4 Å². The van der Waals surface area contributed by atoms with Crippen molar-refractivity contribution in [3.8, 4) is 5.75 Å². The number of hydrogen-bond acceptors (Lipinski definition) is 3. The second-order valence-corrected chi connectivity index (χ2v) is 3.61. The van der Waals surface area contributed by atoms with Gasteiger partial charge in [-0.3, -0.25) is 4.79 Å². The van der Waals surface area contributed by atoms with Crippen molar-refractivity contribution in [2.24, 2.45) is 5.73 Å². The van der Waals surface area contributed by atoms with Crippen molar-refractivity contribution in [2.45, 2.75) is 32.4 Å². The summed E-state index contributed by atoms with van der Waals surface area (Å²) in [7, 11) is 0. The minimum atomic E-state index is -0.116. The Hall–Kier alpha value is -1.29. The Bertz CT molecular complexity index is 409. The summed E-state index contributed by atoms with van der Waals surface area (Å²) in [5.41, 5.74) is 7.08. The van der Waals surface area contributed by atoms with E-state index in [1.54, 1.807) is 4.57 Å². The lowest BCUT2D eigenvalue weighted by Crippen LogP contribution is -2.28. The van der Waals surface area contributed by atoms with E-state index in [-0.39, 0.29) is 11.3 Å². The monoisotopic (exact) mass is 194 g/mol. The van der Waals surface area contributed by atoms with Gasteiger partial charge >= 0.3 is 0 Å². The fraction of sp³-hybridized carbons (Fsp3) is 0.500. The fourth-order valence-electron chi connectivity index (χ4n) is 2.04. The molecule has 0 amide bonds. The highest BCUT2D eigenvalue weighted by molar-refractivity contribution is 5.36. The van der Waals surface area contributed by atoms with Crippen molar-refractivity contribution in [3.63, 3.8) is 0 Å². The summed E-state index contributed by atoms with van der Waals surface area (Å²) in [4.78, 5) is 11.5. The predicted molar refractivity (Wildman–Crippen MR) is 53.2 cm³/mol. The maximum absolute atomic E-state index is 11.5. The zero-order valence-corrected chi connectivity index (χ0v) is 7.99. The molecule has 0 radical (unpaired) electrons. The lowest BCUT2D eigenvalue weighted by Gasteiger charge is -2.21. The summed E-state index contributed by atoms with van der Waals surface area (Å²) in [6.45, 7) is 1.04. The second kappa shape index (κ2) is 3.46. The molecule has 0 saturated carbocycles. The lowest BCUT2D eigenvalue weighted by molar-refractivity contribution is 0.446. The van der Waals surface area contributed by atoms with Gasteiger partial charge in [-0.25, -0.2) is 0 Å². The molecule has 2 rings (SSSR count). The number of nitrogens with zero attached hydrogens (tertiary/aromatic N) is 1. The average molecular weight is 194 g/mol. The Labute approximate surface area is 82.0 Å². The van der Waals surface area contributed by atoms with Gasteiger partial charge in [-0.1, -0.05) is 0 Å². The zero-order valence-electron chi connectivity index (χ0n) is 7.99. The smallest absolute Gasteiger partial charge is 0.254 e. The van der Waals surface area contributed by atoms with Gasteiger partial charge in [0.05, 0.1) is 0 Å². The molecule has 0 atom stereocenters. The van der Waals surface area contributed by atoms with Crippen molar-refractivity contribution in [2.75, 3.05) is 0 Å². The molecule has 0 saturated heterocycles. The first-order valence-corrected chi connectivity index (χ1v) is 4.88. The van der Waals surface area contributed by atoms with Crippen molar-refractivity contribution in [1.82, 2.24) is 4.57 Å². The summed E-state index contributed by atoms with van der Waals surface area (Å²) in [6, 6.07) is 1.26. The van der Waals surface area contributed by atoms with Crippen LogP contribution < -0.4 is 11.3 Å². The van der Waals surface area contributed by atoms with Crippen LogP contribution in [0.2, 0.25) is 0 Å². The number of hydrogen-bond donors (Lipinski definition) is 2. The number of pyridine rings is 1. The molecule has 1 aliphatic heterocycles. The Balaban J connectivity index is 2.67. The Kier molecular flexibility index (Phi) is 2.29. The molecular weight excluding hydrogens is 180 g/mol. The largest absolute Gasteiger partial charge is 0.507 e. The van der Waals surface area contributed by atoms with Crippen LogP contribution in [0.1, 0.15) is 24.1 Å². The lowest BCUT2D eigenvalue weighted by atomic mass is 10.0. The number of nitrogens with two attached hydrogens (primary N) is 1. The highest BCUT2D eigenvalue weighted by Crippen LogP contribution is 2.23. The quantitative estimate of drug-likeness (QED) is 0.677. The minimum absolute atomic E-state index is 0.0469. The Morgan fingerprint density at radius 3 is 3.00 bits per heavy atom. The zero-order chi connectivity index (χ0) is 10.1. The molecule has 0 fully saturated rings. The molecule has 0 spiro atoms. The van der Waals surface area contributed by atoms with Gasteiger partial charge in [-0.05, 0) is 19.3 Å². The molecule has 1 aliphatic rings. The highest BCUT2D eigenvalue weighted by atomic mass is 16.3. The summed E-state index contributed by atoms with van der Waals surface area (Å²) in [5, 5.41) is 9.55. The van der Waals surface area contributed by atoms with E-state index in [1.165, 1.54) is 6.07 Å². The Morgan fingerprint density at radius 2 is 2.29 bits per heavy atom. The third-order valence-corrected chi connectivity index (χ3v) is 2.76. The predicted octanol–water partition coefficient (Wildman–Crippen LogP) is 0.349. The molecule has 0 aliphatic carbocycles. The molecule has 2 heterocycles. The first-order chi connectivity index (χ1) is 6.74. The summed E-state index contributed by atoms with van der Waals surface area (Å²) in [6.07, 6.45) is 2.94. The van der Waals surface area contributed by atoms with E-state index in [0.717, 1.165) is 37.1 Å². The average Bonchev–Trinajstić information content (AvgIpc) is 2.18. The van der Waals surface area contributed by atoms with E-state index in [0.29, 0.717) is 6.54 Å². The van der Waals surface area contributed by atoms with Crippen LogP contribution in [0, 0.1) is 0 Å². The topological polar surface area (TPSA) is 68.2 Å². The molecule has 1 aromatic heterocycles. The second-order valence-electron chi connectivity index (χ2n) is 3.61. The first kappa shape index (κ1) is 9.27. The van der Waals surface area contributed by atoms with E-state index >= 15 is 0 Å². The van der Waals surface area contributed by atoms with Gasteiger partial charge in [0.2, 0.25) is 0 Å². The van der Waals surface area contributed by atoms with E-state index in [1.807, 2.05) is 0 Å². The number of aromatic nitrogens is 1. The van der Waals surface area contributed by atoms with E-state index < -0.39 is 0 Å². The first-order valence-electron chi connectivity index (χ1n) is 4.88. The van der Waals surface area contributed by atoms with Crippen LogP contribution in [0.3, 0.4) is 0 Å². The molecule has 14 heavy (non-hydrogen) atoms. The van der Waals surface area contributed by atoms with E-state index in [2.05, 4.69) is 0 Å². The van der Waals surface area contributed by atoms with Crippen LogP contribution >= 0.6 is 0 Å². The van der Waals surface area contributed by atoms with Gasteiger partial charge in [0.15, 0.2) is 0 Å². The van der Waals surface area contributed by atoms with Gasteiger partial charge in [0.1, 0.15) is 5.75 Å². The van der Waals surface area contributed by atoms with Crippen LogP contribution in [0.5, 0.6) is 5.75 Å². The standard InChI is InChI=1S/C10H14N2O2/c11-6-7-8-3-1-2-4-12(8)10(14)5-9(7)13/h5,13H,1-4,6,11H2. The van der Waals surface area contributed by atoms with Crippen molar-refractivity contribution >= 4 is 0 Å². The van der Waals surface area contributed by atoms with E-state index in [9.17, 15) is 9.90 Å². The van der Waals surface area contributed by atoms with Gasteiger partial charge in [-0.15, -0.1) is 0 Å². The fourth-order valence-corrected chi connectivity index (χ4v) is 2.04. The van der Waals surface area contributed by atoms with Crippen LogP contribution in [0.25, 0.3) is 0 Å². The Morgan fingerprint density at radius 1 is 1.50 bits per heavy atom. The minimum Gasteiger partial charge on any atom is -0.507 e. The molecule has 0 unspecified atom stereocenters. The van der Waals surface area contributed by atoms with E-state index in [4.69, 9.17) is 5.73 Å². The van der Waals surface area contributed by atoms with Crippen molar-refractivity contribution < 1.29 is 5.11 Å². The number of aromatic hydroxyl groups is 1. The molecular formula is C10H14N2O2. The van der Waals surface area contributed by atoms with Gasteiger partial charge in [-0.2, -0.15) is 0 Å². The summed E-state index contributed by atoms with van der Waals surface area (Å²) < 4.78 is 1.73. The molecule has 4 nitrogen and oxygen atoms in total. The van der Waals surface area contributed by atoms with Crippen molar-refractivity contribution in [3.05, 3.63) is 27.7 Å². The maximum Gasteiger partial charge on any atom is 0.254 e. The third-order valence-electron chi connectivity index (χ3n) is 2.76. The van der Waals surface area contributed by atoms with Crippen molar-refractivity contribution in [1.29, 1.82) is 0 Å². The van der Waals surface area contributed by atoms with Gasteiger partial charge in [0, 0.05) is 30.4 Å². The SMILES string of the molecule is NCc1c(O)cc(=O)n2c1CCCC2. The molecule has 1 aromatic rings. The van der Waals surface area contributed by atoms with Crippen LogP contribution in [-0.2, 0) is 19.5 Å². The third kappa shape index (κ3) is 1.32. The normalized spacial score (nSPS) is 15.2. The number of rotatable bonds is 1. The maximum atomic E-state index is 11.5. The highest BCUT2D eigenvalue weighted by Gasteiger charge is 2.16. The van der Waals surface area contributed by atoms with Crippen LogP contribution in [0.15, 0.2) is 10.9 Å². The molecule has 3 N–H and O–H groups in total. The van der Waals surface area contributed by atoms with Crippen LogP contribution in [-0.4, -0.2) is 9.67 Å². The molecule has 4 heteroatoms. The van der Waals surface area contributed by atoms with Crippen LogP contribution in [0.4, 0.5) is 0 Å². The summed E-state index contributed by atoms with van der Waals surface area (Å²) in [5.74, 6) is 0.0469.